The minimum atomic E-state index is 0.0448. The van der Waals surface area contributed by atoms with Crippen molar-refractivity contribution < 1.29 is 9.90 Å². The molecule has 1 aromatic rings. The predicted molar refractivity (Wildman–Crippen MR) is 64.5 cm³/mol. The number of likely N-dealkylation sites (N-methyl/N-ethyl adjacent to an activating group) is 1. The second-order valence-electron chi connectivity index (χ2n) is 3.47. The summed E-state index contributed by atoms with van der Waals surface area (Å²) in [6.07, 6.45) is 0.810. The molecule has 0 radical (unpaired) electrons. The van der Waals surface area contributed by atoms with Crippen LogP contribution in [0.25, 0.3) is 0 Å². The molecule has 0 aromatic heterocycles. The smallest absolute Gasteiger partial charge is 0.150 e. The third-order valence-corrected chi connectivity index (χ3v) is 3.05. The molecule has 0 fully saturated rings. The molecule has 0 heterocycles. The van der Waals surface area contributed by atoms with Crippen LogP contribution in [0.5, 0.6) is 0 Å². The number of carbonyl (C=O) groups is 1. The minimum Gasteiger partial charge on any atom is -0.394 e. The van der Waals surface area contributed by atoms with E-state index in [1.54, 1.807) is 12.1 Å². The van der Waals surface area contributed by atoms with E-state index in [1.165, 1.54) is 0 Å². The Balaban J connectivity index is 2.99. The molecule has 0 saturated heterocycles. The molecule has 1 rings (SSSR count). The summed E-state index contributed by atoms with van der Waals surface area (Å²) in [6, 6.07) is 5.43. The SMILES string of the molecule is CC(CO)N(C)c1ccc(C=O)cc1Br. The van der Waals surface area contributed by atoms with Gasteiger partial charge in [-0.05, 0) is 41.1 Å². The van der Waals surface area contributed by atoms with E-state index in [4.69, 9.17) is 5.11 Å². The molecule has 0 aliphatic carbocycles. The first-order valence-electron chi connectivity index (χ1n) is 4.68. The van der Waals surface area contributed by atoms with Gasteiger partial charge in [0, 0.05) is 23.1 Å². The van der Waals surface area contributed by atoms with E-state index in [0.29, 0.717) is 5.56 Å². The van der Waals surface area contributed by atoms with Crippen LogP contribution in [0.2, 0.25) is 0 Å². The number of nitrogens with zero attached hydrogens (tertiary/aromatic N) is 1. The summed E-state index contributed by atoms with van der Waals surface area (Å²) >= 11 is 3.40. The van der Waals surface area contributed by atoms with E-state index in [0.717, 1.165) is 16.4 Å². The molecular weight excluding hydrogens is 258 g/mol. The molecule has 0 spiro atoms. The van der Waals surface area contributed by atoms with E-state index in [-0.39, 0.29) is 12.6 Å². The van der Waals surface area contributed by atoms with Crippen molar-refractivity contribution in [2.75, 3.05) is 18.6 Å². The summed E-state index contributed by atoms with van der Waals surface area (Å²) in [5, 5.41) is 9.05. The average molecular weight is 272 g/mol. The standard InChI is InChI=1S/C11H14BrNO2/c1-8(6-14)13(2)11-4-3-9(7-15)5-10(11)12/h3-5,7-8,14H,6H2,1-2H3. The highest BCUT2D eigenvalue weighted by Crippen LogP contribution is 2.27. The van der Waals surface area contributed by atoms with Crippen LogP contribution in [0.3, 0.4) is 0 Å². The molecule has 1 N–H and O–H groups in total. The van der Waals surface area contributed by atoms with Crippen molar-refractivity contribution in [2.24, 2.45) is 0 Å². The zero-order chi connectivity index (χ0) is 11.4. The van der Waals surface area contributed by atoms with Crippen molar-refractivity contribution in [3.63, 3.8) is 0 Å². The Kier molecular flexibility index (Phi) is 4.29. The Morgan fingerprint density at radius 3 is 2.73 bits per heavy atom. The van der Waals surface area contributed by atoms with Gasteiger partial charge in [-0.25, -0.2) is 0 Å². The number of hydrogen-bond acceptors (Lipinski definition) is 3. The summed E-state index contributed by atoms with van der Waals surface area (Å²) in [4.78, 5) is 12.5. The first kappa shape index (κ1) is 12.2. The topological polar surface area (TPSA) is 40.5 Å². The molecule has 0 bridgehead atoms. The Morgan fingerprint density at radius 2 is 2.27 bits per heavy atom. The number of aldehydes is 1. The van der Waals surface area contributed by atoms with Crippen molar-refractivity contribution in [1.82, 2.24) is 0 Å². The maximum atomic E-state index is 10.6. The number of carbonyl (C=O) groups excluding carboxylic acids is 1. The molecule has 0 aliphatic heterocycles. The molecule has 15 heavy (non-hydrogen) atoms. The molecule has 4 heteroatoms. The van der Waals surface area contributed by atoms with Crippen LogP contribution in [-0.2, 0) is 0 Å². The molecule has 0 aliphatic rings. The zero-order valence-electron chi connectivity index (χ0n) is 8.77. The van der Waals surface area contributed by atoms with E-state index in [2.05, 4.69) is 15.9 Å². The minimum absolute atomic E-state index is 0.0448. The van der Waals surface area contributed by atoms with Gasteiger partial charge in [0.05, 0.1) is 12.3 Å². The fraction of sp³-hybridized carbons (Fsp3) is 0.364. The van der Waals surface area contributed by atoms with Crippen LogP contribution in [0, 0.1) is 0 Å². The highest BCUT2D eigenvalue weighted by Gasteiger charge is 2.11. The lowest BCUT2D eigenvalue weighted by Crippen LogP contribution is -2.32. The van der Waals surface area contributed by atoms with Crippen LogP contribution in [0.4, 0.5) is 5.69 Å². The highest BCUT2D eigenvalue weighted by atomic mass is 79.9. The van der Waals surface area contributed by atoms with Crippen LogP contribution >= 0.6 is 15.9 Å². The number of halogens is 1. The Morgan fingerprint density at radius 1 is 1.60 bits per heavy atom. The van der Waals surface area contributed by atoms with E-state index >= 15 is 0 Å². The van der Waals surface area contributed by atoms with Gasteiger partial charge in [0.1, 0.15) is 6.29 Å². The molecule has 82 valence electrons. The van der Waals surface area contributed by atoms with Crippen LogP contribution in [-0.4, -0.2) is 31.1 Å². The van der Waals surface area contributed by atoms with Gasteiger partial charge in [0.25, 0.3) is 0 Å². The molecule has 0 amide bonds. The lowest BCUT2D eigenvalue weighted by atomic mass is 10.2. The number of aliphatic hydroxyl groups excluding tert-OH is 1. The van der Waals surface area contributed by atoms with Gasteiger partial charge in [-0.1, -0.05) is 0 Å². The van der Waals surface area contributed by atoms with Crippen molar-refractivity contribution >= 4 is 27.9 Å². The Labute approximate surface area is 97.8 Å². The Hall–Kier alpha value is -0.870. The lowest BCUT2D eigenvalue weighted by molar-refractivity contribution is 0.112. The van der Waals surface area contributed by atoms with E-state index < -0.39 is 0 Å². The number of hydrogen-bond donors (Lipinski definition) is 1. The molecule has 1 atom stereocenters. The fourth-order valence-corrected chi connectivity index (χ4v) is 1.92. The van der Waals surface area contributed by atoms with Gasteiger partial charge in [-0.15, -0.1) is 0 Å². The monoisotopic (exact) mass is 271 g/mol. The second-order valence-corrected chi connectivity index (χ2v) is 4.33. The summed E-state index contributed by atoms with van der Waals surface area (Å²) in [5.41, 5.74) is 1.60. The maximum absolute atomic E-state index is 10.6. The predicted octanol–water partition coefficient (Wildman–Crippen LogP) is 2.08. The zero-order valence-corrected chi connectivity index (χ0v) is 10.4. The van der Waals surface area contributed by atoms with Crippen molar-refractivity contribution in [3.8, 4) is 0 Å². The van der Waals surface area contributed by atoms with Gasteiger partial charge in [0.2, 0.25) is 0 Å². The second kappa shape index (κ2) is 5.28. The summed E-state index contributed by atoms with van der Waals surface area (Å²) in [7, 11) is 1.90. The van der Waals surface area contributed by atoms with Crippen LogP contribution in [0.1, 0.15) is 17.3 Å². The third-order valence-electron chi connectivity index (χ3n) is 2.41. The fourth-order valence-electron chi connectivity index (χ4n) is 1.24. The third kappa shape index (κ3) is 2.79. The first-order chi connectivity index (χ1) is 7.10. The number of benzene rings is 1. The lowest BCUT2D eigenvalue weighted by Gasteiger charge is -2.26. The van der Waals surface area contributed by atoms with Crippen molar-refractivity contribution in [2.45, 2.75) is 13.0 Å². The quantitative estimate of drug-likeness (QED) is 0.853. The Bertz CT molecular complexity index is 354. The molecule has 1 aromatic carbocycles. The van der Waals surface area contributed by atoms with Gasteiger partial charge in [-0.3, -0.25) is 4.79 Å². The summed E-state index contributed by atoms with van der Waals surface area (Å²) in [5.74, 6) is 0. The molecular formula is C11H14BrNO2. The van der Waals surface area contributed by atoms with Gasteiger partial charge >= 0.3 is 0 Å². The van der Waals surface area contributed by atoms with Gasteiger partial charge < -0.3 is 10.0 Å². The van der Waals surface area contributed by atoms with Gasteiger partial charge in [0.15, 0.2) is 0 Å². The normalized spacial score (nSPS) is 12.3. The van der Waals surface area contributed by atoms with Gasteiger partial charge in [-0.2, -0.15) is 0 Å². The number of aliphatic hydroxyl groups is 1. The van der Waals surface area contributed by atoms with E-state index in [9.17, 15) is 4.79 Å². The summed E-state index contributed by atoms with van der Waals surface area (Å²) < 4.78 is 0.856. The van der Waals surface area contributed by atoms with E-state index in [1.807, 2.05) is 24.9 Å². The number of rotatable bonds is 4. The maximum Gasteiger partial charge on any atom is 0.150 e. The van der Waals surface area contributed by atoms with Crippen LogP contribution in [0.15, 0.2) is 22.7 Å². The molecule has 0 saturated carbocycles. The summed E-state index contributed by atoms with van der Waals surface area (Å²) in [6.45, 7) is 2.03. The first-order valence-corrected chi connectivity index (χ1v) is 5.48. The molecule has 1 unspecified atom stereocenters. The van der Waals surface area contributed by atoms with Crippen LogP contribution < -0.4 is 4.90 Å². The highest BCUT2D eigenvalue weighted by molar-refractivity contribution is 9.10. The average Bonchev–Trinajstić information content (AvgIpc) is 2.26. The van der Waals surface area contributed by atoms with Crippen molar-refractivity contribution in [1.29, 1.82) is 0 Å². The number of anilines is 1. The van der Waals surface area contributed by atoms with Crippen molar-refractivity contribution in [3.05, 3.63) is 28.2 Å². The molecule has 3 nitrogen and oxygen atoms in total. The largest absolute Gasteiger partial charge is 0.394 e.